The Kier molecular flexibility index (Phi) is 5.34. The van der Waals surface area contributed by atoms with E-state index in [1.807, 2.05) is 25.1 Å². The molecule has 0 bridgehead atoms. The monoisotopic (exact) mass is 443 g/mol. The SMILES string of the molecule is Cc1nc2ccc(CNC(=O)Cn3c(C)cc(S(=O)(=O)CC4CC4)c(N)c3=O)cc2[nH]1. The third-order valence-electron chi connectivity index (χ3n) is 5.45. The predicted octanol–water partition coefficient (Wildman–Crippen LogP) is 1.42. The number of rotatable bonds is 7. The summed E-state index contributed by atoms with van der Waals surface area (Å²) in [4.78, 5) is 32.5. The molecule has 1 aromatic carbocycles. The van der Waals surface area contributed by atoms with Crippen molar-refractivity contribution in [3.8, 4) is 0 Å². The first-order valence-electron chi connectivity index (χ1n) is 10.1. The lowest BCUT2D eigenvalue weighted by Gasteiger charge is -2.14. The number of H-pyrrole nitrogens is 1. The zero-order valence-corrected chi connectivity index (χ0v) is 18.3. The number of nitrogens with two attached hydrogens (primary N) is 1. The van der Waals surface area contributed by atoms with Crippen molar-refractivity contribution in [3.63, 3.8) is 0 Å². The number of hydrogen-bond acceptors (Lipinski definition) is 6. The number of aromatic nitrogens is 3. The van der Waals surface area contributed by atoms with E-state index in [-0.39, 0.29) is 41.3 Å². The van der Waals surface area contributed by atoms with Crippen molar-refractivity contribution in [2.75, 3.05) is 11.5 Å². The average molecular weight is 444 g/mol. The molecule has 1 saturated carbocycles. The van der Waals surface area contributed by atoms with Gasteiger partial charge < -0.3 is 20.6 Å². The molecular formula is C21H25N5O4S. The molecule has 31 heavy (non-hydrogen) atoms. The van der Waals surface area contributed by atoms with Crippen molar-refractivity contribution in [2.45, 2.75) is 44.7 Å². The number of amides is 1. The van der Waals surface area contributed by atoms with E-state index < -0.39 is 15.4 Å². The van der Waals surface area contributed by atoms with Gasteiger partial charge in [-0.3, -0.25) is 9.59 Å². The van der Waals surface area contributed by atoms with Crippen LogP contribution in [-0.2, 0) is 27.7 Å². The van der Waals surface area contributed by atoms with E-state index >= 15 is 0 Å². The van der Waals surface area contributed by atoms with E-state index in [1.165, 1.54) is 10.6 Å². The molecule has 2 aromatic heterocycles. The molecule has 1 fully saturated rings. The Morgan fingerprint density at radius 1 is 1.29 bits per heavy atom. The molecule has 2 heterocycles. The standard InChI is InChI=1S/C21H25N5O4S/c1-12-7-18(31(29,30)11-14-3-4-14)20(22)21(28)26(12)10-19(27)23-9-15-5-6-16-17(8-15)25-13(2)24-16/h5-8,14H,3-4,9-11,22H2,1-2H3,(H,23,27)(H,24,25). The van der Waals surface area contributed by atoms with Gasteiger partial charge in [0, 0.05) is 12.2 Å². The Morgan fingerprint density at radius 3 is 2.74 bits per heavy atom. The van der Waals surface area contributed by atoms with Crippen LogP contribution in [0.2, 0.25) is 0 Å². The maximum absolute atomic E-state index is 12.7. The highest BCUT2D eigenvalue weighted by Gasteiger charge is 2.31. The summed E-state index contributed by atoms with van der Waals surface area (Å²) in [5.74, 6) is 0.578. The van der Waals surface area contributed by atoms with Crippen molar-refractivity contribution in [1.82, 2.24) is 19.9 Å². The lowest BCUT2D eigenvalue weighted by Crippen LogP contribution is -2.35. The minimum absolute atomic E-state index is 0.000773. The molecule has 1 aliphatic rings. The van der Waals surface area contributed by atoms with Crippen molar-refractivity contribution < 1.29 is 13.2 Å². The van der Waals surface area contributed by atoms with Crippen LogP contribution in [0.25, 0.3) is 11.0 Å². The molecule has 1 aliphatic carbocycles. The van der Waals surface area contributed by atoms with Gasteiger partial charge in [0.15, 0.2) is 9.84 Å². The van der Waals surface area contributed by atoms with Crippen LogP contribution in [0.4, 0.5) is 5.69 Å². The molecule has 0 spiro atoms. The second kappa shape index (κ2) is 7.84. The van der Waals surface area contributed by atoms with Gasteiger partial charge in [0.25, 0.3) is 5.56 Å². The van der Waals surface area contributed by atoms with Gasteiger partial charge in [0.1, 0.15) is 18.1 Å². The van der Waals surface area contributed by atoms with Crippen LogP contribution >= 0.6 is 0 Å². The highest BCUT2D eigenvalue weighted by Crippen LogP contribution is 2.33. The maximum atomic E-state index is 12.7. The molecule has 0 aliphatic heterocycles. The number of carbonyl (C=O) groups excluding carboxylic acids is 1. The van der Waals surface area contributed by atoms with Crippen molar-refractivity contribution in [1.29, 1.82) is 0 Å². The topological polar surface area (TPSA) is 140 Å². The number of nitrogens with zero attached hydrogens (tertiary/aromatic N) is 2. The number of pyridine rings is 1. The van der Waals surface area contributed by atoms with E-state index in [9.17, 15) is 18.0 Å². The first-order chi connectivity index (χ1) is 14.6. The number of hydrogen-bond donors (Lipinski definition) is 3. The minimum Gasteiger partial charge on any atom is -0.393 e. The van der Waals surface area contributed by atoms with Gasteiger partial charge in [-0.2, -0.15) is 0 Å². The zero-order valence-electron chi connectivity index (χ0n) is 17.4. The highest BCUT2D eigenvalue weighted by molar-refractivity contribution is 7.91. The quantitative estimate of drug-likeness (QED) is 0.505. The van der Waals surface area contributed by atoms with Crippen LogP contribution in [0.1, 0.15) is 29.9 Å². The maximum Gasteiger partial charge on any atom is 0.275 e. The Labute approximate surface area is 179 Å². The van der Waals surface area contributed by atoms with Crippen molar-refractivity contribution >= 4 is 32.5 Å². The molecule has 4 rings (SSSR count). The summed E-state index contributed by atoms with van der Waals surface area (Å²) >= 11 is 0. The average Bonchev–Trinajstić information content (AvgIpc) is 3.42. The van der Waals surface area contributed by atoms with Gasteiger partial charge in [-0.25, -0.2) is 13.4 Å². The molecule has 0 unspecified atom stereocenters. The fourth-order valence-corrected chi connectivity index (χ4v) is 5.50. The summed E-state index contributed by atoms with van der Waals surface area (Å²) in [5, 5.41) is 2.78. The molecule has 3 aromatic rings. The van der Waals surface area contributed by atoms with Gasteiger partial charge in [-0.15, -0.1) is 0 Å². The lowest BCUT2D eigenvalue weighted by molar-refractivity contribution is -0.121. The fourth-order valence-electron chi connectivity index (χ4n) is 3.59. The smallest absolute Gasteiger partial charge is 0.275 e. The molecule has 10 heteroatoms. The molecule has 0 saturated heterocycles. The Morgan fingerprint density at radius 2 is 2.03 bits per heavy atom. The number of fused-ring (bicyclic) bond motifs is 1. The van der Waals surface area contributed by atoms with E-state index in [0.29, 0.717) is 5.69 Å². The second-order valence-corrected chi connectivity index (χ2v) is 10.1. The summed E-state index contributed by atoms with van der Waals surface area (Å²) in [6.45, 7) is 3.50. The highest BCUT2D eigenvalue weighted by atomic mass is 32.2. The first-order valence-corrected chi connectivity index (χ1v) is 11.7. The van der Waals surface area contributed by atoms with Gasteiger partial charge in [0.05, 0.1) is 21.7 Å². The van der Waals surface area contributed by atoms with E-state index in [2.05, 4.69) is 15.3 Å². The molecule has 0 atom stereocenters. The molecule has 0 radical (unpaired) electrons. The van der Waals surface area contributed by atoms with Gasteiger partial charge >= 0.3 is 0 Å². The van der Waals surface area contributed by atoms with Gasteiger partial charge in [0.2, 0.25) is 5.91 Å². The zero-order chi connectivity index (χ0) is 22.3. The summed E-state index contributed by atoms with van der Waals surface area (Å²) in [7, 11) is -3.63. The summed E-state index contributed by atoms with van der Waals surface area (Å²) < 4.78 is 26.4. The Balaban J connectivity index is 1.48. The summed E-state index contributed by atoms with van der Waals surface area (Å²) in [6.07, 6.45) is 1.75. The fraction of sp³-hybridized carbons (Fsp3) is 0.381. The van der Waals surface area contributed by atoms with Crippen molar-refractivity contribution in [3.05, 3.63) is 51.7 Å². The molecule has 1 amide bonds. The number of aromatic amines is 1. The Hall–Kier alpha value is -3.14. The van der Waals surface area contributed by atoms with Crippen LogP contribution in [0, 0.1) is 19.8 Å². The summed E-state index contributed by atoms with van der Waals surface area (Å²) in [5.41, 5.74) is 7.86. The Bertz CT molecular complexity index is 1340. The first kappa shape index (κ1) is 21.1. The van der Waals surface area contributed by atoms with Crippen LogP contribution in [0.15, 0.2) is 34.0 Å². The van der Waals surface area contributed by atoms with Crippen LogP contribution < -0.4 is 16.6 Å². The summed E-state index contributed by atoms with van der Waals surface area (Å²) in [6, 6.07) is 7.04. The molecule has 9 nitrogen and oxygen atoms in total. The van der Waals surface area contributed by atoms with E-state index in [4.69, 9.17) is 5.73 Å². The largest absolute Gasteiger partial charge is 0.393 e. The number of sulfone groups is 1. The molecule has 4 N–H and O–H groups in total. The lowest BCUT2D eigenvalue weighted by atomic mass is 10.2. The molecular weight excluding hydrogens is 418 g/mol. The second-order valence-electron chi connectivity index (χ2n) is 8.13. The minimum atomic E-state index is -3.63. The normalized spacial score (nSPS) is 14.1. The van der Waals surface area contributed by atoms with Crippen LogP contribution in [0.3, 0.4) is 0 Å². The third-order valence-corrected chi connectivity index (χ3v) is 7.37. The molecule has 164 valence electrons. The number of carbonyl (C=O) groups is 1. The van der Waals surface area contributed by atoms with Gasteiger partial charge in [-0.05, 0) is 56.4 Å². The number of imidazole rings is 1. The van der Waals surface area contributed by atoms with Crippen LogP contribution in [0.5, 0.6) is 0 Å². The number of nitrogen functional groups attached to an aromatic ring is 1. The van der Waals surface area contributed by atoms with Gasteiger partial charge in [-0.1, -0.05) is 6.07 Å². The van der Waals surface area contributed by atoms with E-state index in [0.717, 1.165) is 35.3 Å². The third kappa shape index (κ3) is 4.48. The number of nitrogens with one attached hydrogen (secondary N) is 2. The predicted molar refractivity (Wildman–Crippen MR) is 117 cm³/mol. The number of anilines is 1. The number of benzene rings is 1. The van der Waals surface area contributed by atoms with Crippen molar-refractivity contribution in [2.24, 2.45) is 5.92 Å². The van der Waals surface area contributed by atoms with Crippen LogP contribution in [-0.4, -0.2) is 34.6 Å². The van der Waals surface area contributed by atoms with E-state index in [1.54, 1.807) is 6.92 Å². The number of aryl methyl sites for hydroxylation is 2.